The first-order chi connectivity index (χ1) is 12.1. The number of carbonyl (C=O) groups excluding carboxylic acids is 2. The Hall–Kier alpha value is -2.41. The van der Waals surface area contributed by atoms with Gasteiger partial charge in [0.05, 0.1) is 5.92 Å². The number of hydrogen-bond donors (Lipinski definition) is 3. The summed E-state index contributed by atoms with van der Waals surface area (Å²) in [5.41, 5.74) is 6.66. The third kappa shape index (κ3) is 7.23. The maximum absolute atomic E-state index is 11.9. The minimum Gasteiger partial charge on any atom is -0.481 e. The first kappa shape index (κ1) is 21.6. The number of carboxylic acid groups (broad SMARTS) is 1. The van der Waals surface area contributed by atoms with Gasteiger partial charge in [0, 0.05) is 13.0 Å². The lowest BCUT2D eigenvalue weighted by molar-refractivity contribution is -0.141. The van der Waals surface area contributed by atoms with Gasteiger partial charge in [-0.2, -0.15) is 0 Å². The highest BCUT2D eigenvalue weighted by atomic mass is 16.5. The zero-order valence-corrected chi connectivity index (χ0v) is 15.7. The van der Waals surface area contributed by atoms with E-state index < -0.39 is 23.9 Å². The maximum atomic E-state index is 11.9. The van der Waals surface area contributed by atoms with E-state index in [0.717, 1.165) is 5.56 Å². The molecule has 0 aliphatic rings. The molecule has 0 saturated carbocycles. The quantitative estimate of drug-likeness (QED) is 0.453. The monoisotopic (exact) mass is 364 g/mol. The van der Waals surface area contributed by atoms with Crippen molar-refractivity contribution in [2.45, 2.75) is 52.6 Å². The largest absolute Gasteiger partial charge is 0.481 e. The number of aliphatic carboxylic acids is 1. The Morgan fingerprint density at radius 3 is 2.19 bits per heavy atom. The molecule has 0 spiro atoms. The van der Waals surface area contributed by atoms with Crippen molar-refractivity contribution < 1.29 is 24.2 Å². The van der Waals surface area contributed by atoms with Crippen molar-refractivity contribution in [3.8, 4) is 5.75 Å². The third-order valence-corrected chi connectivity index (χ3v) is 4.08. The highest BCUT2D eigenvalue weighted by Crippen LogP contribution is 2.17. The molecule has 7 nitrogen and oxygen atoms in total. The summed E-state index contributed by atoms with van der Waals surface area (Å²) in [6.45, 7) is 6.70. The molecule has 0 radical (unpaired) electrons. The van der Waals surface area contributed by atoms with Gasteiger partial charge in [0.1, 0.15) is 11.8 Å². The van der Waals surface area contributed by atoms with Crippen molar-refractivity contribution in [3.05, 3.63) is 29.8 Å². The fourth-order valence-electron chi connectivity index (χ4n) is 2.44. The number of hydrogen-bond acceptors (Lipinski definition) is 5. The summed E-state index contributed by atoms with van der Waals surface area (Å²) in [7, 11) is 0. The Morgan fingerprint density at radius 2 is 1.73 bits per heavy atom. The Morgan fingerprint density at radius 1 is 1.15 bits per heavy atom. The first-order valence-corrected chi connectivity index (χ1v) is 8.66. The number of rotatable bonds is 9. The molecule has 1 rings (SSSR count). The van der Waals surface area contributed by atoms with Gasteiger partial charge in [0.2, 0.25) is 5.91 Å². The van der Waals surface area contributed by atoms with E-state index >= 15 is 0 Å². The van der Waals surface area contributed by atoms with E-state index in [2.05, 4.69) is 5.32 Å². The van der Waals surface area contributed by atoms with Crippen LogP contribution in [0.1, 0.15) is 39.7 Å². The molecule has 26 heavy (non-hydrogen) atoms. The molecule has 0 aromatic heterocycles. The summed E-state index contributed by atoms with van der Waals surface area (Å²) in [5, 5.41) is 11.8. The SMILES string of the molecule is CC(=O)NC(Cc1ccc(OC(=O)C(N)C(C)C)cc1)CC(C)C(=O)O. The van der Waals surface area contributed by atoms with Gasteiger partial charge in [0.15, 0.2) is 0 Å². The normalized spacial score (nSPS) is 14.4. The van der Waals surface area contributed by atoms with Crippen molar-refractivity contribution in [2.24, 2.45) is 17.6 Å². The molecule has 0 saturated heterocycles. The van der Waals surface area contributed by atoms with Crippen LogP contribution in [0.25, 0.3) is 0 Å². The molecule has 0 heterocycles. The van der Waals surface area contributed by atoms with E-state index in [1.54, 1.807) is 31.2 Å². The molecule has 0 fully saturated rings. The number of nitrogens with two attached hydrogens (primary N) is 1. The topological polar surface area (TPSA) is 119 Å². The molecule has 0 aliphatic heterocycles. The Labute approximate surface area is 153 Å². The summed E-state index contributed by atoms with van der Waals surface area (Å²) in [6, 6.07) is 5.91. The number of benzene rings is 1. The molecule has 1 aromatic carbocycles. The molecule has 4 N–H and O–H groups in total. The lowest BCUT2D eigenvalue weighted by Crippen LogP contribution is -2.38. The van der Waals surface area contributed by atoms with Gasteiger partial charge in [-0.1, -0.05) is 32.9 Å². The van der Waals surface area contributed by atoms with Gasteiger partial charge in [0.25, 0.3) is 0 Å². The summed E-state index contributed by atoms with van der Waals surface area (Å²) >= 11 is 0. The number of esters is 1. The molecular formula is C19H28N2O5. The fourth-order valence-corrected chi connectivity index (χ4v) is 2.44. The Kier molecular flexibility index (Phi) is 8.25. The van der Waals surface area contributed by atoms with Gasteiger partial charge >= 0.3 is 11.9 Å². The molecule has 0 bridgehead atoms. The van der Waals surface area contributed by atoms with Crippen LogP contribution in [0.5, 0.6) is 5.75 Å². The number of amides is 1. The average Bonchev–Trinajstić information content (AvgIpc) is 2.54. The summed E-state index contributed by atoms with van der Waals surface area (Å²) in [5.74, 6) is -1.78. The van der Waals surface area contributed by atoms with E-state index in [1.165, 1.54) is 6.92 Å². The van der Waals surface area contributed by atoms with Crippen LogP contribution in [0.15, 0.2) is 24.3 Å². The average molecular weight is 364 g/mol. The Bertz CT molecular complexity index is 627. The fraction of sp³-hybridized carbons (Fsp3) is 0.526. The van der Waals surface area contributed by atoms with Crippen molar-refractivity contribution in [3.63, 3.8) is 0 Å². The van der Waals surface area contributed by atoms with Gasteiger partial charge < -0.3 is 20.9 Å². The smallest absolute Gasteiger partial charge is 0.328 e. The zero-order chi connectivity index (χ0) is 19.9. The van der Waals surface area contributed by atoms with Crippen molar-refractivity contribution in [2.75, 3.05) is 0 Å². The van der Waals surface area contributed by atoms with E-state index in [9.17, 15) is 14.4 Å². The van der Waals surface area contributed by atoms with Gasteiger partial charge in [-0.25, -0.2) is 4.79 Å². The second kappa shape index (κ2) is 9.91. The molecule has 3 unspecified atom stereocenters. The van der Waals surface area contributed by atoms with Crippen LogP contribution >= 0.6 is 0 Å². The van der Waals surface area contributed by atoms with E-state index in [-0.39, 0.29) is 17.9 Å². The first-order valence-electron chi connectivity index (χ1n) is 8.66. The zero-order valence-electron chi connectivity index (χ0n) is 15.7. The van der Waals surface area contributed by atoms with Crippen LogP contribution in [0.4, 0.5) is 0 Å². The predicted octanol–water partition coefficient (Wildman–Crippen LogP) is 1.73. The van der Waals surface area contributed by atoms with Crippen LogP contribution < -0.4 is 15.8 Å². The minimum absolute atomic E-state index is 0.0172. The highest BCUT2D eigenvalue weighted by Gasteiger charge is 2.21. The van der Waals surface area contributed by atoms with E-state index in [1.807, 2.05) is 13.8 Å². The number of carbonyl (C=O) groups is 3. The van der Waals surface area contributed by atoms with Gasteiger partial charge in [-0.3, -0.25) is 9.59 Å². The molecule has 0 aliphatic carbocycles. The number of nitrogens with one attached hydrogen (secondary N) is 1. The molecule has 1 amide bonds. The van der Waals surface area contributed by atoms with Gasteiger partial charge in [-0.05, 0) is 36.5 Å². The molecule has 3 atom stereocenters. The van der Waals surface area contributed by atoms with Crippen molar-refractivity contribution in [1.29, 1.82) is 0 Å². The van der Waals surface area contributed by atoms with Crippen LogP contribution in [-0.2, 0) is 20.8 Å². The predicted molar refractivity (Wildman–Crippen MR) is 97.6 cm³/mol. The van der Waals surface area contributed by atoms with Crippen LogP contribution in [-0.4, -0.2) is 35.0 Å². The van der Waals surface area contributed by atoms with Crippen molar-refractivity contribution >= 4 is 17.8 Å². The summed E-state index contributed by atoms with van der Waals surface area (Å²) in [4.78, 5) is 34.3. The maximum Gasteiger partial charge on any atom is 0.328 e. The summed E-state index contributed by atoms with van der Waals surface area (Å²) in [6.07, 6.45) is 0.811. The lowest BCUT2D eigenvalue weighted by Gasteiger charge is -2.20. The molecule has 7 heteroatoms. The second-order valence-electron chi connectivity index (χ2n) is 6.91. The third-order valence-electron chi connectivity index (χ3n) is 4.08. The molecular weight excluding hydrogens is 336 g/mol. The summed E-state index contributed by atoms with van der Waals surface area (Å²) < 4.78 is 5.25. The van der Waals surface area contributed by atoms with E-state index in [0.29, 0.717) is 18.6 Å². The number of carboxylic acids is 1. The van der Waals surface area contributed by atoms with Crippen LogP contribution in [0, 0.1) is 11.8 Å². The number of ether oxygens (including phenoxy) is 1. The van der Waals surface area contributed by atoms with Gasteiger partial charge in [-0.15, -0.1) is 0 Å². The standard InChI is InChI=1S/C19H28N2O5/c1-11(2)17(20)19(25)26-16-7-5-14(6-8-16)10-15(21-13(4)22)9-12(3)18(23)24/h5-8,11-12,15,17H,9-10,20H2,1-4H3,(H,21,22)(H,23,24). The highest BCUT2D eigenvalue weighted by molar-refractivity contribution is 5.78. The second-order valence-corrected chi connectivity index (χ2v) is 6.91. The van der Waals surface area contributed by atoms with Crippen molar-refractivity contribution in [1.82, 2.24) is 5.32 Å². The minimum atomic E-state index is -0.899. The van der Waals surface area contributed by atoms with Crippen LogP contribution in [0.3, 0.4) is 0 Å². The molecule has 144 valence electrons. The van der Waals surface area contributed by atoms with E-state index in [4.69, 9.17) is 15.6 Å². The Balaban J connectivity index is 2.74. The molecule has 1 aromatic rings. The van der Waals surface area contributed by atoms with Crippen LogP contribution in [0.2, 0.25) is 0 Å². The lowest BCUT2D eigenvalue weighted by atomic mass is 9.96.